The topological polar surface area (TPSA) is 99.5 Å². The lowest BCUT2D eigenvalue weighted by Gasteiger charge is -2.12. The van der Waals surface area contributed by atoms with Gasteiger partial charge in [-0.15, -0.1) is 0 Å². The van der Waals surface area contributed by atoms with Crippen molar-refractivity contribution in [3.8, 4) is 5.75 Å². The van der Waals surface area contributed by atoms with Crippen molar-refractivity contribution < 1.29 is 19.8 Å². The normalized spacial score (nSPS) is 11.8. The highest BCUT2D eigenvalue weighted by atomic mass is 16.4. The third-order valence-corrected chi connectivity index (χ3v) is 2.50. The van der Waals surface area contributed by atoms with E-state index in [-0.39, 0.29) is 18.0 Å². The van der Waals surface area contributed by atoms with Crippen LogP contribution in [-0.4, -0.2) is 33.6 Å². The molecule has 0 aliphatic rings. The maximum atomic E-state index is 11.7. The molecule has 0 aliphatic heterocycles. The molecule has 0 aliphatic carbocycles. The van der Waals surface area contributed by atoms with Gasteiger partial charge >= 0.3 is 5.97 Å². The fraction of sp³-hybridized carbons (Fsp3) is 0.417. The van der Waals surface area contributed by atoms with Gasteiger partial charge in [-0.3, -0.25) is 9.59 Å². The number of aliphatic carboxylic acids is 1. The number of carbonyl (C=O) groups is 2. The molecular formula is C12H16N2O4. The van der Waals surface area contributed by atoms with Crippen LogP contribution in [0.5, 0.6) is 5.75 Å². The molecule has 1 amide bonds. The molecule has 0 radical (unpaired) electrons. The third kappa shape index (κ3) is 3.73. The van der Waals surface area contributed by atoms with Crippen molar-refractivity contribution in [1.29, 1.82) is 0 Å². The molecule has 18 heavy (non-hydrogen) atoms. The Morgan fingerprint density at radius 2 is 2.22 bits per heavy atom. The molecule has 6 heteroatoms. The lowest BCUT2D eigenvalue weighted by atomic mass is 10.0. The van der Waals surface area contributed by atoms with Crippen LogP contribution in [0.15, 0.2) is 18.3 Å². The first kappa shape index (κ1) is 14.0. The van der Waals surface area contributed by atoms with Gasteiger partial charge in [0.15, 0.2) is 5.69 Å². The summed E-state index contributed by atoms with van der Waals surface area (Å²) in [4.78, 5) is 26.3. The predicted molar refractivity (Wildman–Crippen MR) is 64.3 cm³/mol. The van der Waals surface area contributed by atoms with Gasteiger partial charge in [-0.25, -0.2) is 4.98 Å². The number of nitrogens with zero attached hydrogens (tertiary/aromatic N) is 1. The van der Waals surface area contributed by atoms with Crippen molar-refractivity contribution >= 4 is 11.9 Å². The maximum absolute atomic E-state index is 11.7. The van der Waals surface area contributed by atoms with Crippen LogP contribution >= 0.6 is 0 Å². The highest BCUT2D eigenvalue weighted by Gasteiger charge is 2.19. The molecule has 0 saturated carbocycles. The summed E-state index contributed by atoms with van der Waals surface area (Å²) in [6.07, 6.45) is 2.60. The average molecular weight is 252 g/mol. The standard InChI is InChI=1S/C12H16N2O4/c1-2-4-8(12(17)18)7-14-11(16)10-9(15)5-3-6-13-10/h3,5-6,8,15H,2,4,7H2,1H3,(H,14,16)(H,17,18). The highest BCUT2D eigenvalue weighted by Crippen LogP contribution is 2.12. The molecule has 6 nitrogen and oxygen atoms in total. The van der Waals surface area contributed by atoms with Gasteiger partial charge in [-0.1, -0.05) is 13.3 Å². The number of hydrogen-bond acceptors (Lipinski definition) is 4. The summed E-state index contributed by atoms with van der Waals surface area (Å²) in [5, 5.41) is 20.8. The molecule has 0 saturated heterocycles. The second-order valence-corrected chi connectivity index (χ2v) is 3.90. The van der Waals surface area contributed by atoms with Gasteiger partial charge in [-0.2, -0.15) is 0 Å². The second-order valence-electron chi connectivity index (χ2n) is 3.90. The van der Waals surface area contributed by atoms with E-state index in [1.165, 1.54) is 18.3 Å². The van der Waals surface area contributed by atoms with Crippen LogP contribution in [0, 0.1) is 5.92 Å². The Kier molecular flexibility index (Phi) is 5.10. The number of hydrogen-bond donors (Lipinski definition) is 3. The molecule has 1 aromatic rings. The number of rotatable bonds is 6. The van der Waals surface area contributed by atoms with E-state index >= 15 is 0 Å². The van der Waals surface area contributed by atoms with Crippen molar-refractivity contribution in [3.63, 3.8) is 0 Å². The van der Waals surface area contributed by atoms with Gasteiger partial charge in [0, 0.05) is 12.7 Å². The van der Waals surface area contributed by atoms with Crippen molar-refractivity contribution in [2.45, 2.75) is 19.8 Å². The Balaban J connectivity index is 2.60. The number of carbonyl (C=O) groups excluding carboxylic acids is 1. The van der Waals surface area contributed by atoms with E-state index in [1.807, 2.05) is 6.92 Å². The fourth-order valence-corrected chi connectivity index (χ4v) is 1.53. The first-order valence-electron chi connectivity index (χ1n) is 5.71. The molecule has 1 rings (SSSR count). The second kappa shape index (κ2) is 6.58. The van der Waals surface area contributed by atoms with Crippen LogP contribution in [-0.2, 0) is 4.79 Å². The van der Waals surface area contributed by atoms with Crippen molar-refractivity contribution in [1.82, 2.24) is 10.3 Å². The van der Waals surface area contributed by atoms with Crippen LogP contribution in [0.2, 0.25) is 0 Å². The lowest BCUT2D eigenvalue weighted by Crippen LogP contribution is -2.33. The molecule has 0 fully saturated rings. The van der Waals surface area contributed by atoms with Crippen molar-refractivity contribution in [3.05, 3.63) is 24.0 Å². The molecule has 1 aromatic heterocycles. The minimum absolute atomic E-state index is 0.0258. The van der Waals surface area contributed by atoms with Gasteiger partial charge in [0.2, 0.25) is 0 Å². The minimum Gasteiger partial charge on any atom is -0.505 e. The highest BCUT2D eigenvalue weighted by molar-refractivity contribution is 5.94. The molecule has 0 spiro atoms. The Labute approximate surface area is 105 Å². The van der Waals surface area contributed by atoms with Gasteiger partial charge in [0.1, 0.15) is 5.75 Å². The summed E-state index contributed by atoms with van der Waals surface area (Å²) >= 11 is 0. The Bertz CT molecular complexity index is 434. The fourth-order valence-electron chi connectivity index (χ4n) is 1.53. The monoisotopic (exact) mass is 252 g/mol. The number of carboxylic acids is 1. The summed E-state index contributed by atoms with van der Waals surface area (Å²) in [7, 11) is 0. The van der Waals surface area contributed by atoms with Crippen LogP contribution in [0.1, 0.15) is 30.3 Å². The van der Waals surface area contributed by atoms with E-state index in [9.17, 15) is 14.7 Å². The summed E-state index contributed by atoms with van der Waals surface area (Å²) in [5.41, 5.74) is -0.0989. The summed E-state index contributed by atoms with van der Waals surface area (Å²) in [5.74, 6) is -2.36. The zero-order valence-electron chi connectivity index (χ0n) is 10.1. The Morgan fingerprint density at radius 3 is 2.78 bits per heavy atom. The lowest BCUT2D eigenvalue weighted by molar-refractivity contribution is -0.141. The number of pyridine rings is 1. The first-order chi connectivity index (χ1) is 8.56. The smallest absolute Gasteiger partial charge is 0.308 e. The zero-order chi connectivity index (χ0) is 13.5. The van der Waals surface area contributed by atoms with Crippen LogP contribution in [0.4, 0.5) is 0 Å². The minimum atomic E-state index is -0.942. The Hall–Kier alpha value is -2.11. The van der Waals surface area contributed by atoms with Gasteiger partial charge in [-0.05, 0) is 18.6 Å². The quantitative estimate of drug-likeness (QED) is 0.701. The van der Waals surface area contributed by atoms with E-state index in [0.717, 1.165) is 6.42 Å². The number of aromatic hydroxyl groups is 1. The third-order valence-electron chi connectivity index (χ3n) is 2.50. The van der Waals surface area contributed by atoms with Crippen molar-refractivity contribution in [2.24, 2.45) is 5.92 Å². The number of amides is 1. The van der Waals surface area contributed by atoms with E-state index < -0.39 is 17.8 Å². The SMILES string of the molecule is CCCC(CNC(=O)c1ncccc1O)C(=O)O. The van der Waals surface area contributed by atoms with E-state index in [0.29, 0.717) is 6.42 Å². The molecule has 98 valence electrons. The predicted octanol–water partition coefficient (Wildman–Crippen LogP) is 1.02. The first-order valence-corrected chi connectivity index (χ1v) is 5.71. The average Bonchev–Trinajstić information content (AvgIpc) is 2.34. The van der Waals surface area contributed by atoms with Gasteiger partial charge in [0.25, 0.3) is 5.91 Å². The number of nitrogens with one attached hydrogen (secondary N) is 1. The van der Waals surface area contributed by atoms with Gasteiger partial charge in [0.05, 0.1) is 5.92 Å². The molecule has 0 bridgehead atoms. The molecule has 1 atom stereocenters. The number of carboxylic acid groups (broad SMARTS) is 1. The van der Waals surface area contributed by atoms with E-state index in [1.54, 1.807) is 0 Å². The molecule has 0 aromatic carbocycles. The van der Waals surface area contributed by atoms with Crippen LogP contribution in [0.3, 0.4) is 0 Å². The number of aromatic nitrogens is 1. The Morgan fingerprint density at radius 1 is 1.50 bits per heavy atom. The van der Waals surface area contributed by atoms with Crippen LogP contribution in [0.25, 0.3) is 0 Å². The maximum Gasteiger partial charge on any atom is 0.308 e. The van der Waals surface area contributed by atoms with Gasteiger partial charge < -0.3 is 15.5 Å². The summed E-state index contributed by atoms with van der Waals surface area (Å²) in [6.45, 7) is 1.90. The molecule has 1 unspecified atom stereocenters. The van der Waals surface area contributed by atoms with E-state index in [4.69, 9.17) is 5.11 Å². The van der Waals surface area contributed by atoms with Crippen LogP contribution < -0.4 is 5.32 Å². The zero-order valence-corrected chi connectivity index (χ0v) is 10.1. The van der Waals surface area contributed by atoms with E-state index in [2.05, 4.69) is 10.3 Å². The largest absolute Gasteiger partial charge is 0.505 e. The summed E-state index contributed by atoms with van der Waals surface area (Å²) < 4.78 is 0. The molecule has 1 heterocycles. The van der Waals surface area contributed by atoms with Crippen molar-refractivity contribution in [2.75, 3.05) is 6.54 Å². The molecule has 3 N–H and O–H groups in total. The summed E-state index contributed by atoms with van der Waals surface area (Å²) in [6, 6.07) is 2.85. The molecular weight excluding hydrogens is 236 g/mol.